The first kappa shape index (κ1) is 19.5. The average Bonchev–Trinajstić information content (AvgIpc) is 2.59. The molecular weight excluding hydrogens is 356 g/mol. The van der Waals surface area contributed by atoms with Gasteiger partial charge in [-0.25, -0.2) is 0 Å². The quantitative estimate of drug-likeness (QED) is 0.540. The number of hydrogen-bond donors (Lipinski definition) is 2. The van der Waals surface area contributed by atoms with Crippen LogP contribution in [0.2, 0.25) is 0 Å². The molecule has 0 saturated heterocycles. The summed E-state index contributed by atoms with van der Waals surface area (Å²) in [6.45, 7) is 4.72. The Morgan fingerprint density at radius 3 is 2.96 bits per heavy atom. The third kappa shape index (κ3) is 5.62. The second kappa shape index (κ2) is 9.04. The molecular formula is C17H20N4O4S. The lowest BCUT2D eigenvalue weighted by Gasteiger charge is -2.08. The highest BCUT2D eigenvalue weighted by Gasteiger charge is 2.09. The van der Waals surface area contributed by atoms with Crippen molar-refractivity contribution in [3.63, 3.8) is 0 Å². The minimum absolute atomic E-state index is 0.00563. The minimum Gasteiger partial charge on any atom is -0.493 e. The Kier molecular flexibility index (Phi) is 6.79. The molecule has 0 aliphatic rings. The van der Waals surface area contributed by atoms with Crippen molar-refractivity contribution in [1.82, 2.24) is 14.9 Å². The summed E-state index contributed by atoms with van der Waals surface area (Å²) in [5.74, 6) is 0.101. The molecule has 0 radical (unpaired) electrons. The fourth-order valence-corrected chi connectivity index (χ4v) is 2.17. The molecule has 0 aliphatic carbocycles. The number of H-pyrrole nitrogens is 1. The highest BCUT2D eigenvalue weighted by Crippen LogP contribution is 2.13. The van der Waals surface area contributed by atoms with E-state index >= 15 is 0 Å². The van der Waals surface area contributed by atoms with E-state index in [4.69, 9.17) is 22.1 Å². The molecule has 2 aromatic rings. The second-order valence-corrected chi connectivity index (χ2v) is 6.39. The molecule has 0 spiro atoms. The number of benzene rings is 1. The first-order valence-electron chi connectivity index (χ1n) is 8.06. The van der Waals surface area contributed by atoms with E-state index in [0.717, 1.165) is 10.2 Å². The first-order chi connectivity index (χ1) is 12.4. The maximum atomic E-state index is 12.4. The van der Waals surface area contributed by atoms with Crippen LogP contribution in [0.5, 0.6) is 5.75 Å². The number of nitrogens with zero attached hydrogens (tertiary/aromatic N) is 3. The van der Waals surface area contributed by atoms with Gasteiger partial charge < -0.3 is 9.84 Å². The molecule has 2 rings (SSSR count). The smallest absolute Gasteiger partial charge is 0.303 e. The Hall–Kier alpha value is -2.81. The fraction of sp³-hybridized carbons (Fsp3) is 0.353. The van der Waals surface area contributed by atoms with Crippen molar-refractivity contribution in [2.75, 3.05) is 6.61 Å². The minimum atomic E-state index is -1.01. The van der Waals surface area contributed by atoms with Gasteiger partial charge >= 0.3 is 5.97 Å². The predicted molar refractivity (Wildman–Crippen MR) is 99.4 cm³/mol. The number of rotatable bonds is 8. The van der Waals surface area contributed by atoms with Gasteiger partial charge in [0.15, 0.2) is 0 Å². The van der Waals surface area contributed by atoms with Crippen LogP contribution in [-0.2, 0) is 11.2 Å². The molecule has 0 atom stereocenters. The zero-order valence-electron chi connectivity index (χ0n) is 14.5. The summed E-state index contributed by atoms with van der Waals surface area (Å²) in [6, 6.07) is 7.28. The third-order valence-corrected chi connectivity index (χ3v) is 3.52. The van der Waals surface area contributed by atoms with Gasteiger partial charge in [-0.05, 0) is 35.8 Å². The lowest BCUT2D eigenvalue weighted by Crippen LogP contribution is -2.25. The average molecular weight is 376 g/mol. The summed E-state index contributed by atoms with van der Waals surface area (Å²) in [6.07, 6.45) is 1.27. The Morgan fingerprint density at radius 2 is 2.27 bits per heavy atom. The van der Waals surface area contributed by atoms with Gasteiger partial charge in [0.05, 0.1) is 19.2 Å². The zero-order valence-corrected chi connectivity index (χ0v) is 15.3. The SMILES string of the molecule is CC(C)COc1cccc(/C=N\n2c(=S)[nH]nc(CCC(=O)O)c2=O)c1. The Labute approximate surface area is 155 Å². The van der Waals surface area contributed by atoms with Gasteiger partial charge in [0.25, 0.3) is 5.56 Å². The largest absolute Gasteiger partial charge is 0.493 e. The van der Waals surface area contributed by atoms with Crippen LogP contribution in [0, 0.1) is 10.7 Å². The van der Waals surface area contributed by atoms with Gasteiger partial charge in [-0.3, -0.25) is 14.7 Å². The molecule has 9 heteroatoms. The Bertz CT molecular complexity index is 917. The van der Waals surface area contributed by atoms with Crippen LogP contribution in [0.1, 0.15) is 31.5 Å². The first-order valence-corrected chi connectivity index (χ1v) is 8.47. The molecule has 2 N–H and O–H groups in total. The van der Waals surface area contributed by atoms with Crippen molar-refractivity contribution >= 4 is 24.4 Å². The van der Waals surface area contributed by atoms with Gasteiger partial charge in [0, 0.05) is 6.42 Å². The van der Waals surface area contributed by atoms with E-state index in [1.54, 1.807) is 6.07 Å². The molecule has 0 fully saturated rings. The molecule has 0 bridgehead atoms. The molecule has 0 aliphatic heterocycles. The molecule has 0 saturated carbocycles. The number of aromatic amines is 1. The molecule has 1 aromatic heterocycles. The van der Waals surface area contributed by atoms with Gasteiger partial charge in [-0.1, -0.05) is 26.0 Å². The molecule has 138 valence electrons. The van der Waals surface area contributed by atoms with Gasteiger partial charge in [0.1, 0.15) is 11.4 Å². The summed E-state index contributed by atoms with van der Waals surface area (Å²) in [5, 5.41) is 19.1. The standard InChI is InChI=1S/C17H20N4O4S/c1-11(2)10-25-13-5-3-4-12(8-13)9-18-21-16(24)14(6-7-15(22)23)19-20-17(21)26/h3-5,8-9,11H,6-7,10H2,1-2H3,(H,20,26)(H,22,23)/b18-9-. The number of carboxylic acid groups (broad SMARTS) is 1. The van der Waals surface area contributed by atoms with Crippen molar-refractivity contribution in [1.29, 1.82) is 0 Å². The van der Waals surface area contributed by atoms with E-state index in [2.05, 4.69) is 29.1 Å². The van der Waals surface area contributed by atoms with Crippen molar-refractivity contribution in [2.24, 2.45) is 11.0 Å². The Morgan fingerprint density at radius 1 is 1.50 bits per heavy atom. The van der Waals surface area contributed by atoms with Gasteiger partial charge in [-0.15, -0.1) is 0 Å². The highest BCUT2D eigenvalue weighted by molar-refractivity contribution is 7.71. The summed E-state index contributed by atoms with van der Waals surface area (Å²) in [5.41, 5.74) is 0.252. The van der Waals surface area contributed by atoms with Crippen LogP contribution in [0.15, 0.2) is 34.2 Å². The number of hydrogen-bond acceptors (Lipinski definition) is 6. The van der Waals surface area contributed by atoms with Crippen molar-refractivity contribution < 1.29 is 14.6 Å². The van der Waals surface area contributed by atoms with E-state index in [-0.39, 0.29) is 23.3 Å². The van der Waals surface area contributed by atoms with Crippen LogP contribution < -0.4 is 10.3 Å². The highest BCUT2D eigenvalue weighted by atomic mass is 32.1. The zero-order chi connectivity index (χ0) is 19.1. The van der Waals surface area contributed by atoms with E-state index in [1.807, 2.05) is 18.2 Å². The molecule has 1 aromatic carbocycles. The molecule has 26 heavy (non-hydrogen) atoms. The molecule has 0 amide bonds. The van der Waals surface area contributed by atoms with Crippen LogP contribution in [-0.4, -0.2) is 38.8 Å². The lowest BCUT2D eigenvalue weighted by molar-refractivity contribution is -0.136. The number of nitrogens with one attached hydrogen (secondary N) is 1. The predicted octanol–water partition coefficient (Wildman–Crippen LogP) is 2.24. The maximum absolute atomic E-state index is 12.4. The molecule has 1 heterocycles. The Balaban J connectivity index is 2.23. The number of aromatic nitrogens is 3. The van der Waals surface area contributed by atoms with Crippen molar-refractivity contribution in [3.8, 4) is 5.75 Å². The van der Waals surface area contributed by atoms with Crippen LogP contribution in [0.25, 0.3) is 0 Å². The summed E-state index contributed by atoms with van der Waals surface area (Å²) in [4.78, 5) is 23.0. The van der Waals surface area contributed by atoms with Gasteiger partial charge in [0.2, 0.25) is 4.77 Å². The maximum Gasteiger partial charge on any atom is 0.303 e. The normalized spacial score (nSPS) is 11.2. The number of ether oxygens (including phenoxy) is 1. The summed E-state index contributed by atoms with van der Waals surface area (Å²) in [7, 11) is 0. The summed E-state index contributed by atoms with van der Waals surface area (Å²) < 4.78 is 6.67. The number of aliphatic carboxylic acids is 1. The van der Waals surface area contributed by atoms with Crippen LogP contribution in [0.3, 0.4) is 0 Å². The van der Waals surface area contributed by atoms with Crippen LogP contribution >= 0.6 is 12.2 Å². The van der Waals surface area contributed by atoms with Crippen molar-refractivity contribution in [3.05, 3.63) is 50.6 Å². The second-order valence-electron chi connectivity index (χ2n) is 6.01. The van der Waals surface area contributed by atoms with Crippen LogP contribution in [0.4, 0.5) is 0 Å². The number of carbonyl (C=O) groups is 1. The van der Waals surface area contributed by atoms with E-state index in [0.29, 0.717) is 18.3 Å². The lowest BCUT2D eigenvalue weighted by atomic mass is 10.2. The van der Waals surface area contributed by atoms with E-state index < -0.39 is 11.5 Å². The van der Waals surface area contributed by atoms with E-state index in [1.165, 1.54) is 6.21 Å². The third-order valence-electron chi connectivity index (χ3n) is 3.26. The molecule has 8 nitrogen and oxygen atoms in total. The van der Waals surface area contributed by atoms with E-state index in [9.17, 15) is 9.59 Å². The van der Waals surface area contributed by atoms with Crippen molar-refractivity contribution in [2.45, 2.75) is 26.7 Å². The van der Waals surface area contributed by atoms with Gasteiger partial charge in [-0.2, -0.15) is 14.9 Å². The number of aryl methyl sites for hydroxylation is 1. The topological polar surface area (TPSA) is 110 Å². The fourth-order valence-electron chi connectivity index (χ4n) is 1.99. The number of carboxylic acids is 1. The molecule has 0 unspecified atom stereocenters. The summed E-state index contributed by atoms with van der Waals surface area (Å²) >= 11 is 5.04. The monoisotopic (exact) mass is 376 g/mol.